The van der Waals surface area contributed by atoms with Crippen LogP contribution in [0.1, 0.15) is 5.56 Å². The van der Waals surface area contributed by atoms with Crippen LogP contribution in [0.25, 0.3) is 0 Å². The number of benzene rings is 2. The lowest BCUT2D eigenvalue weighted by Crippen LogP contribution is -2.08. The molecule has 0 aromatic heterocycles. The van der Waals surface area contributed by atoms with Gasteiger partial charge in [0, 0.05) is 0 Å². The lowest BCUT2D eigenvalue weighted by molar-refractivity contribution is 0.306. The summed E-state index contributed by atoms with van der Waals surface area (Å²) in [4.78, 5) is 2.34. The number of anilines is 1. The molecular weight excluding hydrogens is 236 g/mol. The first-order valence-corrected chi connectivity index (χ1v) is 5.65. The van der Waals surface area contributed by atoms with Crippen LogP contribution >= 0.6 is 11.8 Å². The van der Waals surface area contributed by atoms with Crippen LogP contribution in [-0.4, -0.2) is 0 Å². The molecule has 17 heavy (non-hydrogen) atoms. The van der Waals surface area contributed by atoms with Gasteiger partial charge in [0.15, 0.2) is 0 Å². The first-order chi connectivity index (χ1) is 8.38. The van der Waals surface area contributed by atoms with Crippen molar-refractivity contribution in [3.8, 4) is 5.75 Å². The lowest BCUT2D eigenvalue weighted by atomic mass is 10.2. The second-order valence-corrected chi connectivity index (χ2v) is 3.71. The van der Waals surface area contributed by atoms with E-state index in [1.54, 1.807) is 0 Å². The fourth-order valence-corrected chi connectivity index (χ4v) is 1.54. The monoisotopic (exact) mass is 248 g/mol. The third-order valence-corrected chi connectivity index (χ3v) is 2.39. The van der Waals surface area contributed by atoms with Crippen LogP contribution in [0.4, 0.5) is 5.69 Å². The van der Waals surface area contributed by atoms with E-state index >= 15 is 0 Å². The molecule has 0 radical (unpaired) electrons. The van der Waals surface area contributed by atoms with Gasteiger partial charge in [0.2, 0.25) is 0 Å². The molecule has 0 bridgehead atoms. The molecule has 0 heterocycles. The van der Waals surface area contributed by atoms with Gasteiger partial charge >= 0.3 is 0 Å². The molecule has 0 unspecified atom stereocenters. The highest BCUT2D eigenvalue weighted by molar-refractivity contribution is 6.13. The molecule has 0 aliphatic carbocycles. The van der Waals surface area contributed by atoms with E-state index in [0.717, 1.165) is 17.0 Å². The molecule has 2 aromatic rings. The zero-order valence-corrected chi connectivity index (χ0v) is 9.95. The van der Waals surface area contributed by atoms with Gasteiger partial charge in [-0.25, -0.2) is 0 Å². The maximum absolute atomic E-state index is 5.64. The van der Waals surface area contributed by atoms with E-state index in [-0.39, 0.29) is 0 Å². The summed E-state index contributed by atoms with van der Waals surface area (Å²) < 4.78 is 5.64. The van der Waals surface area contributed by atoms with Gasteiger partial charge in [0.25, 0.3) is 0 Å². The number of halogens is 1. The zero-order chi connectivity index (χ0) is 11.9. The van der Waals surface area contributed by atoms with E-state index < -0.39 is 0 Å². The van der Waals surface area contributed by atoms with E-state index in [0.29, 0.717) is 6.61 Å². The Bertz CT molecular complexity index is 445. The molecule has 4 heteroatoms. The lowest BCUT2D eigenvalue weighted by Gasteiger charge is -2.07. The van der Waals surface area contributed by atoms with E-state index in [2.05, 4.69) is 10.4 Å². The first kappa shape index (κ1) is 11.8. The number of ether oxygens (including phenoxy) is 1. The molecule has 3 nitrogen and oxygen atoms in total. The average molecular weight is 249 g/mol. The molecule has 0 spiro atoms. The molecule has 88 valence electrons. The van der Waals surface area contributed by atoms with Gasteiger partial charge in [0.1, 0.15) is 12.4 Å². The van der Waals surface area contributed by atoms with Crippen LogP contribution in [0.15, 0.2) is 54.6 Å². The summed E-state index contributed by atoms with van der Waals surface area (Å²) in [6.45, 7) is 0.571. The van der Waals surface area contributed by atoms with Crippen molar-refractivity contribution in [2.75, 3.05) is 5.43 Å². The minimum absolute atomic E-state index is 0.571. The van der Waals surface area contributed by atoms with Crippen LogP contribution in [0.5, 0.6) is 5.75 Å². The summed E-state index contributed by atoms with van der Waals surface area (Å²) in [5, 5.41) is 0. The van der Waals surface area contributed by atoms with Gasteiger partial charge < -0.3 is 10.2 Å². The second kappa shape index (κ2) is 6.13. The van der Waals surface area contributed by atoms with Crippen LogP contribution in [0.3, 0.4) is 0 Å². The Morgan fingerprint density at radius 2 is 1.65 bits per heavy atom. The predicted molar refractivity (Wildman–Crippen MR) is 69.8 cm³/mol. The normalized spacial score (nSPS) is 9.94. The number of hydrogen-bond acceptors (Lipinski definition) is 3. The van der Waals surface area contributed by atoms with E-state index in [4.69, 9.17) is 16.5 Å². The highest BCUT2D eigenvalue weighted by Crippen LogP contribution is 2.16. The Labute approximate surface area is 105 Å². The van der Waals surface area contributed by atoms with Crippen molar-refractivity contribution in [3.05, 3.63) is 60.2 Å². The quantitative estimate of drug-likeness (QED) is 0.629. The van der Waals surface area contributed by atoms with Crippen molar-refractivity contribution < 1.29 is 4.74 Å². The van der Waals surface area contributed by atoms with Crippen molar-refractivity contribution in [2.24, 2.45) is 0 Å². The summed E-state index contributed by atoms with van der Waals surface area (Å²) in [5.41, 5.74) is 4.80. The topological polar surface area (TPSA) is 33.3 Å². The molecule has 2 rings (SSSR count). The average Bonchev–Trinajstić information content (AvgIpc) is 2.40. The molecule has 0 fully saturated rings. The van der Waals surface area contributed by atoms with Crippen molar-refractivity contribution in [2.45, 2.75) is 6.61 Å². The minimum Gasteiger partial charge on any atom is -0.489 e. The Morgan fingerprint density at radius 1 is 0.941 bits per heavy atom. The summed E-state index contributed by atoms with van der Waals surface area (Å²) in [5.74, 6) is 0.828. The fraction of sp³-hybridized carbons (Fsp3) is 0.0769. The predicted octanol–water partition coefficient (Wildman–Crippen LogP) is 3.34. The molecule has 0 atom stereocenters. The summed E-state index contributed by atoms with van der Waals surface area (Å²) in [6, 6.07) is 17.6. The first-order valence-electron chi connectivity index (χ1n) is 5.27. The standard InChI is InChI=1S/C13H13ClN2O/c14-16-15-12-6-8-13(9-7-12)17-10-11-4-2-1-3-5-11/h1-9,15-16H,10H2. The highest BCUT2D eigenvalue weighted by Gasteiger charge is 1.96. The molecule has 0 amide bonds. The van der Waals surface area contributed by atoms with E-state index in [9.17, 15) is 0 Å². The Kier molecular flexibility index (Phi) is 4.24. The van der Waals surface area contributed by atoms with Gasteiger partial charge in [-0.15, -0.1) is 4.94 Å². The van der Waals surface area contributed by atoms with Crippen LogP contribution in [0, 0.1) is 0 Å². The Hall–Kier alpha value is -1.71. The molecule has 0 saturated heterocycles. The maximum Gasteiger partial charge on any atom is 0.119 e. The third-order valence-electron chi connectivity index (χ3n) is 2.29. The van der Waals surface area contributed by atoms with Crippen molar-refractivity contribution in [1.82, 2.24) is 4.94 Å². The molecule has 0 aliphatic rings. The minimum atomic E-state index is 0.571. The largest absolute Gasteiger partial charge is 0.489 e. The molecule has 0 aliphatic heterocycles. The summed E-state index contributed by atoms with van der Waals surface area (Å²) >= 11 is 5.32. The highest BCUT2D eigenvalue weighted by atomic mass is 35.5. The number of nitrogens with one attached hydrogen (secondary N) is 2. The zero-order valence-electron chi connectivity index (χ0n) is 9.19. The molecule has 2 N–H and O–H groups in total. The number of hydrazine groups is 1. The third kappa shape index (κ3) is 3.66. The molecular formula is C13H13ClN2O. The SMILES string of the molecule is ClNNc1ccc(OCc2ccccc2)cc1. The Balaban J connectivity index is 1.91. The van der Waals surface area contributed by atoms with Crippen molar-refractivity contribution >= 4 is 17.5 Å². The number of hydrogen-bond donors (Lipinski definition) is 2. The van der Waals surface area contributed by atoms with Gasteiger partial charge in [-0.2, -0.15) is 0 Å². The fourth-order valence-electron chi connectivity index (χ4n) is 1.43. The summed E-state index contributed by atoms with van der Waals surface area (Å²) in [7, 11) is 0. The van der Waals surface area contributed by atoms with Gasteiger partial charge in [-0.1, -0.05) is 30.3 Å². The van der Waals surface area contributed by atoms with Crippen molar-refractivity contribution in [3.63, 3.8) is 0 Å². The van der Waals surface area contributed by atoms with Crippen molar-refractivity contribution in [1.29, 1.82) is 0 Å². The van der Waals surface area contributed by atoms with E-state index in [1.165, 1.54) is 0 Å². The van der Waals surface area contributed by atoms with E-state index in [1.807, 2.05) is 54.6 Å². The van der Waals surface area contributed by atoms with Crippen LogP contribution in [0.2, 0.25) is 0 Å². The molecule has 2 aromatic carbocycles. The number of rotatable bonds is 5. The Morgan fingerprint density at radius 3 is 2.29 bits per heavy atom. The van der Waals surface area contributed by atoms with Crippen LogP contribution in [-0.2, 0) is 6.61 Å². The summed E-state index contributed by atoms with van der Waals surface area (Å²) in [6.07, 6.45) is 0. The smallest absolute Gasteiger partial charge is 0.119 e. The van der Waals surface area contributed by atoms with Gasteiger partial charge in [0.05, 0.1) is 5.69 Å². The van der Waals surface area contributed by atoms with Gasteiger partial charge in [-0.05, 0) is 41.6 Å². The van der Waals surface area contributed by atoms with Crippen LogP contribution < -0.4 is 15.1 Å². The maximum atomic E-state index is 5.64. The molecule has 0 saturated carbocycles. The van der Waals surface area contributed by atoms with Gasteiger partial charge in [-0.3, -0.25) is 0 Å². The second-order valence-electron chi connectivity index (χ2n) is 3.52.